The van der Waals surface area contributed by atoms with Crippen molar-refractivity contribution in [1.29, 1.82) is 0 Å². The van der Waals surface area contributed by atoms with Gasteiger partial charge in [-0.25, -0.2) is 4.79 Å². The zero-order valence-electron chi connectivity index (χ0n) is 13.7. The molecule has 0 bridgehead atoms. The molecule has 0 aliphatic carbocycles. The highest BCUT2D eigenvalue weighted by Crippen LogP contribution is 2.10. The number of amides is 3. The van der Waals surface area contributed by atoms with E-state index in [1.54, 1.807) is 24.3 Å². The monoisotopic (exact) mass is 319 g/mol. The Balaban J connectivity index is 1.78. The van der Waals surface area contributed by atoms with E-state index in [9.17, 15) is 9.59 Å². The third-order valence-electron chi connectivity index (χ3n) is 4.12. The zero-order chi connectivity index (χ0) is 16.8. The van der Waals surface area contributed by atoms with Crippen molar-refractivity contribution in [2.75, 3.05) is 45.1 Å². The van der Waals surface area contributed by atoms with Gasteiger partial charge in [0.2, 0.25) is 5.91 Å². The summed E-state index contributed by atoms with van der Waals surface area (Å²) in [5, 5.41) is 5.58. The highest BCUT2D eigenvalue weighted by atomic mass is 16.2. The Morgan fingerprint density at radius 3 is 2.61 bits per heavy atom. The number of nitrogens with two attached hydrogens (primary N) is 1. The van der Waals surface area contributed by atoms with Crippen molar-refractivity contribution in [3.8, 4) is 0 Å². The molecule has 0 aromatic heterocycles. The number of rotatable bonds is 5. The van der Waals surface area contributed by atoms with Crippen molar-refractivity contribution in [3.05, 3.63) is 29.8 Å². The quantitative estimate of drug-likeness (QED) is 0.739. The van der Waals surface area contributed by atoms with Crippen LogP contribution in [-0.4, -0.2) is 67.6 Å². The van der Waals surface area contributed by atoms with Gasteiger partial charge in [-0.3, -0.25) is 9.69 Å². The fourth-order valence-corrected chi connectivity index (χ4v) is 2.56. The van der Waals surface area contributed by atoms with Crippen molar-refractivity contribution >= 4 is 17.6 Å². The van der Waals surface area contributed by atoms with E-state index in [2.05, 4.69) is 34.4 Å². The summed E-state index contributed by atoms with van der Waals surface area (Å²) in [6.07, 6.45) is 0. The normalized spacial score (nSPS) is 17.5. The van der Waals surface area contributed by atoms with E-state index in [1.807, 2.05) is 0 Å². The van der Waals surface area contributed by atoms with Crippen LogP contribution in [0.25, 0.3) is 0 Å². The number of anilines is 1. The maximum absolute atomic E-state index is 12.0. The second kappa shape index (κ2) is 7.94. The number of urea groups is 1. The lowest BCUT2D eigenvalue weighted by atomic mass is 10.2. The maximum Gasteiger partial charge on any atom is 0.319 e. The van der Waals surface area contributed by atoms with E-state index >= 15 is 0 Å². The van der Waals surface area contributed by atoms with Crippen molar-refractivity contribution in [2.45, 2.75) is 13.0 Å². The maximum atomic E-state index is 12.0. The van der Waals surface area contributed by atoms with E-state index in [-0.39, 0.29) is 12.1 Å². The number of likely N-dealkylation sites (N-methyl/N-ethyl adjacent to an activating group) is 1. The van der Waals surface area contributed by atoms with Gasteiger partial charge in [-0.15, -0.1) is 0 Å². The number of benzene rings is 1. The molecule has 0 spiro atoms. The first-order chi connectivity index (χ1) is 11.0. The van der Waals surface area contributed by atoms with Gasteiger partial charge in [0.1, 0.15) is 0 Å². The Bertz CT molecular complexity index is 555. The van der Waals surface area contributed by atoms with Gasteiger partial charge in [0.05, 0.1) is 0 Å². The summed E-state index contributed by atoms with van der Waals surface area (Å²) in [4.78, 5) is 27.8. The average Bonchev–Trinajstić information content (AvgIpc) is 2.53. The van der Waals surface area contributed by atoms with Crippen LogP contribution in [0.1, 0.15) is 17.3 Å². The molecule has 7 heteroatoms. The molecule has 1 fully saturated rings. The van der Waals surface area contributed by atoms with Crippen LogP contribution in [0.3, 0.4) is 0 Å². The molecular formula is C16H25N5O2. The molecule has 1 heterocycles. The van der Waals surface area contributed by atoms with Crippen LogP contribution >= 0.6 is 0 Å². The summed E-state index contributed by atoms with van der Waals surface area (Å²) >= 11 is 0. The molecule has 4 N–H and O–H groups in total. The van der Waals surface area contributed by atoms with Gasteiger partial charge < -0.3 is 21.3 Å². The Kier molecular flexibility index (Phi) is 5.95. The molecule has 2 rings (SSSR count). The first-order valence-electron chi connectivity index (χ1n) is 7.83. The summed E-state index contributed by atoms with van der Waals surface area (Å²) in [7, 11) is 2.12. The molecule has 0 saturated carbocycles. The molecule has 1 aromatic carbocycles. The zero-order valence-corrected chi connectivity index (χ0v) is 13.7. The first kappa shape index (κ1) is 17.2. The fourth-order valence-electron chi connectivity index (χ4n) is 2.56. The molecule has 126 valence electrons. The second-order valence-corrected chi connectivity index (χ2v) is 5.97. The van der Waals surface area contributed by atoms with Crippen molar-refractivity contribution in [3.63, 3.8) is 0 Å². The summed E-state index contributed by atoms with van der Waals surface area (Å²) in [5.74, 6) is -0.516. The lowest BCUT2D eigenvalue weighted by Crippen LogP contribution is -2.51. The molecule has 1 aromatic rings. The molecule has 0 radical (unpaired) electrons. The van der Waals surface area contributed by atoms with E-state index < -0.39 is 5.91 Å². The highest BCUT2D eigenvalue weighted by Gasteiger charge is 2.19. The van der Waals surface area contributed by atoms with Gasteiger partial charge in [-0.05, 0) is 32.2 Å². The molecule has 23 heavy (non-hydrogen) atoms. The number of piperazine rings is 1. The molecular weight excluding hydrogens is 294 g/mol. The number of nitrogens with zero attached hydrogens (tertiary/aromatic N) is 2. The molecule has 1 aliphatic heterocycles. The minimum absolute atomic E-state index is 0.284. The summed E-state index contributed by atoms with van der Waals surface area (Å²) in [6.45, 7) is 6.82. The third-order valence-corrected chi connectivity index (χ3v) is 4.12. The predicted octanol–water partition coefficient (Wildman–Crippen LogP) is 0.543. The first-order valence-corrected chi connectivity index (χ1v) is 7.83. The van der Waals surface area contributed by atoms with E-state index in [0.717, 1.165) is 26.2 Å². The van der Waals surface area contributed by atoms with E-state index in [4.69, 9.17) is 5.73 Å². The van der Waals surface area contributed by atoms with Crippen molar-refractivity contribution in [1.82, 2.24) is 15.1 Å². The minimum atomic E-state index is -0.516. The lowest BCUT2D eigenvalue weighted by Gasteiger charge is -2.36. The van der Waals surface area contributed by atoms with Crippen LogP contribution in [-0.2, 0) is 0 Å². The molecule has 7 nitrogen and oxygen atoms in total. The third kappa shape index (κ3) is 5.22. The molecule has 1 saturated heterocycles. The topological polar surface area (TPSA) is 90.7 Å². The Morgan fingerprint density at radius 1 is 1.26 bits per heavy atom. The Labute approximate surface area is 136 Å². The van der Waals surface area contributed by atoms with Gasteiger partial charge in [-0.1, -0.05) is 6.07 Å². The Hall–Kier alpha value is -2.12. The van der Waals surface area contributed by atoms with Crippen LogP contribution in [0, 0.1) is 0 Å². The number of carbonyl (C=O) groups is 2. The van der Waals surface area contributed by atoms with Crippen LogP contribution in [0.2, 0.25) is 0 Å². The molecule has 1 aliphatic rings. The van der Waals surface area contributed by atoms with Crippen molar-refractivity contribution < 1.29 is 9.59 Å². The summed E-state index contributed by atoms with van der Waals surface area (Å²) in [6, 6.07) is 6.57. The number of hydrogen-bond donors (Lipinski definition) is 3. The summed E-state index contributed by atoms with van der Waals surface area (Å²) < 4.78 is 0. The fraction of sp³-hybridized carbons (Fsp3) is 0.500. The lowest BCUT2D eigenvalue weighted by molar-refractivity contribution is 0.100. The number of primary amides is 1. The highest BCUT2D eigenvalue weighted by molar-refractivity contribution is 5.95. The van der Waals surface area contributed by atoms with Gasteiger partial charge in [0.25, 0.3) is 0 Å². The number of nitrogens with one attached hydrogen (secondary N) is 2. The van der Waals surface area contributed by atoms with Crippen LogP contribution < -0.4 is 16.4 Å². The number of hydrogen-bond acceptors (Lipinski definition) is 4. The average molecular weight is 319 g/mol. The smallest absolute Gasteiger partial charge is 0.319 e. The molecule has 1 atom stereocenters. The standard InChI is InChI=1S/C16H25N5O2/c1-12(21-8-6-20(2)7-9-21)11-18-16(23)19-14-5-3-4-13(10-14)15(17)22/h3-5,10,12H,6-9,11H2,1-2H3,(H2,17,22)(H2,18,19,23)/t12-/m1/s1. The van der Waals surface area contributed by atoms with Gasteiger partial charge in [0, 0.05) is 50.0 Å². The summed E-state index contributed by atoms with van der Waals surface area (Å²) in [5.41, 5.74) is 6.14. The van der Waals surface area contributed by atoms with Gasteiger partial charge >= 0.3 is 6.03 Å². The predicted molar refractivity (Wildman–Crippen MR) is 90.5 cm³/mol. The van der Waals surface area contributed by atoms with Crippen LogP contribution in [0.15, 0.2) is 24.3 Å². The largest absolute Gasteiger partial charge is 0.366 e. The van der Waals surface area contributed by atoms with E-state index in [1.165, 1.54) is 0 Å². The van der Waals surface area contributed by atoms with E-state index in [0.29, 0.717) is 17.8 Å². The molecule has 0 unspecified atom stereocenters. The Morgan fingerprint density at radius 2 is 1.96 bits per heavy atom. The van der Waals surface area contributed by atoms with Crippen LogP contribution in [0.4, 0.5) is 10.5 Å². The number of carbonyl (C=O) groups excluding carboxylic acids is 2. The van der Waals surface area contributed by atoms with Gasteiger partial charge in [0.15, 0.2) is 0 Å². The van der Waals surface area contributed by atoms with Crippen molar-refractivity contribution in [2.24, 2.45) is 5.73 Å². The van der Waals surface area contributed by atoms with Gasteiger partial charge in [-0.2, -0.15) is 0 Å². The molecule has 3 amide bonds. The second-order valence-electron chi connectivity index (χ2n) is 5.97. The minimum Gasteiger partial charge on any atom is -0.366 e. The van der Waals surface area contributed by atoms with Crippen LogP contribution in [0.5, 0.6) is 0 Å². The SMILES string of the molecule is C[C@H](CNC(=O)Nc1cccc(C(N)=O)c1)N1CCN(C)CC1.